The van der Waals surface area contributed by atoms with Crippen molar-refractivity contribution in [2.24, 2.45) is 0 Å². The number of rotatable bonds is 4. The molecule has 1 aliphatic rings. The molecule has 0 radical (unpaired) electrons. The van der Waals surface area contributed by atoms with Crippen molar-refractivity contribution in [2.75, 3.05) is 18.2 Å². The van der Waals surface area contributed by atoms with Gasteiger partial charge < -0.3 is 15.4 Å². The number of hydrogen-bond donors (Lipinski definition) is 2. The normalized spacial score (nSPS) is 13.5. The van der Waals surface area contributed by atoms with E-state index in [9.17, 15) is 9.59 Å². The average Bonchev–Trinajstić information content (AvgIpc) is 2.79. The second kappa shape index (κ2) is 7.40. The molecule has 0 bridgehead atoms. The predicted molar refractivity (Wildman–Crippen MR) is 94.6 cm³/mol. The van der Waals surface area contributed by atoms with Gasteiger partial charge in [0.25, 0.3) is 5.91 Å². The molecule has 0 fully saturated rings. The Morgan fingerprint density at radius 1 is 1.29 bits per heavy atom. The number of anilines is 1. The lowest BCUT2D eigenvalue weighted by atomic mass is 10.1. The van der Waals surface area contributed by atoms with Crippen LogP contribution >= 0.6 is 11.8 Å². The molecule has 0 unspecified atom stereocenters. The molecule has 1 heterocycles. The highest BCUT2D eigenvalue weighted by Gasteiger charge is 2.15. The van der Waals surface area contributed by atoms with Crippen molar-refractivity contribution in [2.45, 2.75) is 17.9 Å². The van der Waals surface area contributed by atoms with E-state index in [4.69, 9.17) is 4.74 Å². The number of nitrogens with one attached hydrogen (secondary N) is 2. The van der Waals surface area contributed by atoms with Crippen LogP contribution < -0.4 is 15.4 Å². The third-order valence-electron chi connectivity index (χ3n) is 3.69. The highest BCUT2D eigenvalue weighted by molar-refractivity contribution is 7.99. The molecule has 6 heteroatoms. The zero-order valence-corrected chi connectivity index (χ0v) is 14.1. The molecule has 2 aromatic carbocycles. The standard InChI is InChI=1S/C18H18N2O3S/c1-23-14-4-2-3-12(9-14)11-19-18(22)13-5-6-16-15(10-13)20-17(21)7-8-24-16/h2-6,9-10H,7-8,11H2,1H3,(H,19,22)(H,20,21). The summed E-state index contributed by atoms with van der Waals surface area (Å²) in [5.41, 5.74) is 2.19. The third kappa shape index (κ3) is 3.89. The molecule has 2 N–H and O–H groups in total. The number of hydrogen-bond acceptors (Lipinski definition) is 4. The van der Waals surface area contributed by atoms with Gasteiger partial charge in [0.05, 0.1) is 12.8 Å². The highest BCUT2D eigenvalue weighted by Crippen LogP contribution is 2.31. The van der Waals surface area contributed by atoms with Crippen LogP contribution in [0.5, 0.6) is 5.75 Å². The van der Waals surface area contributed by atoms with Crippen LogP contribution in [0.4, 0.5) is 5.69 Å². The first kappa shape index (κ1) is 16.4. The van der Waals surface area contributed by atoms with Crippen LogP contribution in [0.25, 0.3) is 0 Å². The maximum atomic E-state index is 12.4. The van der Waals surface area contributed by atoms with Crippen LogP contribution in [0.3, 0.4) is 0 Å². The first-order chi connectivity index (χ1) is 11.7. The number of benzene rings is 2. The summed E-state index contributed by atoms with van der Waals surface area (Å²) in [4.78, 5) is 25.0. The van der Waals surface area contributed by atoms with E-state index in [1.165, 1.54) is 0 Å². The Hall–Kier alpha value is -2.47. The largest absolute Gasteiger partial charge is 0.497 e. The quantitative estimate of drug-likeness (QED) is 0.896. The van der Waals surface area contributed by atoms with Crippen LogP contribution in [0.15, 0.2) is 47.4 Å². The van der Waals surface area contributed by atoms with E-state index < -0.39 is 0 Å². The maximum Gasteiger partial charge on any atom is 0.251 e. The zero-order chi connectivity index (χ0) is 16.9. The molecule has 0 aliphatic carbocycles. The molecule has 1 aliphatic heterocycles. The van der Waals surface area contributed by atoms with E-state index in [1.807, 2.05) is 30.3 Å². The number of carbonyl (C=O) groups excluding carboxylic acids is 2. The van der Waals surface area contributed by atoms with Gasteiger partial charge in [-0.25, -0.2) is 0 Å². The molecule has 3 rings (SSSR count). The van der Waals surface area contributed by atoms with Gasteiger partial charge in [0.15, 0.2) is 0 Å². The SMILES string of the molecule is COc1cccc(CNC(=O)c2ccc3c(c2)NC(=O)CCS3)c1. The third-order valence-corrected chi connectivity index (χ3v) is 4.76. The summed E-state index contributed by atoms with van der Waals surface area (Å²) in [5, 5.41) is 5.74. The van der Waals surface area contributed by atoms with Crippen LogP contribution in [0, 0.1) is 0 Å². The molecule has 0 atom stereocenters. The Labute approximate surface area is 144 Å². The van der Waals surface area contributed by atoms with E-state index >= 15 is 0 Å². The molecule has 0 aromatic heterocycles. The summed E-state index contributed by atoms with van der Waals surface area (Å²) >= 11 is 1.62. The zero-order valence-electron chi connectivity index (χ0n) is 13.3. The topological polar surface area (TPSA) is 67.4 Å². The molecule has 5 nitrogen and oxygen atoms in total. The summed E-state index contributed by atoms with van der Waals surface area (Å²) in [6, 6.07) is 12.9. The fraction of sp³-hybridized carbons (Fsp3) is 0.222. The molecule has 124 valence electrons. The summed E-state index contributed by atoms with van der Waals surface area (Å²) < 4.78 is 5.18. The Morgan fingerprint density at radius 2 is 2.17 bits per heavy atom. The minimum atomic E-state index is -0.177. The summed E-state index contributed by atoms with van der Waals surface area (Å²) in [6.45, 7) is 0.411. The van der Waals surface area contributed by atoms with Gasteiger partial charge in [0.1, 0.15) is 5.75 Å². The van der Waals surface area contributed by atoms with Crippen LogP contribution in [-0.2, 0) is 11.3 Å². The van der Waals surface area contributed by atoms with E-state index in [0.717, 1.165) is 22.0 Å². The lowest BCUT2D eigenvalue weighted by Gasteiger charge is -2.10. The van der Waals surface area contributed by atoms with E-state index in [0.29, 0.717) is 24.2 Å². The average molecular weight is 342 g/mol. The number of ether oxygens (including phenoxy) is 1. The van der Waals surface area contributed by atoms with Crippen molar-refractivity contribution in [1.29, 1.82) is 0 Å². The van der Waals surface area contributed by atoms with Gasteiger partial charge in [-0.15, -0.1) is 11.8 Å². The smallest absolute Gasteiger partial charge is 0.251 e. The van der Waals surface area contributed by atoms with Crippen molar-refractivity contribution in [3.8, 4) is 5.75 Å². The van der Waals surface area contributed by atoms with E-state index in [2.05, 4.69) is 10.6 Å². The van der Waals surface area contributed by atoms with Crippen molar-refractivity contribution >= 4 is 29.3 Å². The lowest BCUT2D eigenvalue weighted by molar-refractivity contribution is -0.115. The van der Waals surface area contributed by atoms with Gasteiger partial charge in [-0.2, -0.15) is 0 Å². The molecular formula is C18H18N2O3S. The van der Waals surface area contributed by atoms with Gasteiger partial charge in [0.2, 0.25) is 5.91 Å². The molecule has 2 amide bonds. The first-order valence-corrected chi connectivity index (χ1v) is 8.62. The molecule has 2 aromatic rings. The van der Waals surface area contributed by atoms with Gasteiger partial charge in [0, 0.05) is 29.2 Å². The molecular weight excluding hydrogens is 324 g/mol. The fourth-order valence-corrected chi connectivity index (χ4v) is 3.37. The number of thioether (sulfide) groups is 1. The Kier molecular flexibility index (Phi) is 5.05. The Balaban J connectivity index is 1.70. The molecule has 24 heavy (non-hydrogen) atoms. The first-order valence-electron chi connectivity index (χ1n) is 7.63. The summed E-state index contributed by atoms with van der Waals surface area (Å²) in [6.07, 6.45) is 0.483. The second-order valence-electron chi connectivity index (χ2n) is 5.39. The van der Waals surface area contributed by atoms with Crippen LogP contribution in [-0.4, -0.2) is 24.7 Å². The van der Waals surface area contributed by atoms with E-state index in [1.54, 1.807) is 31.0 Å². The van der Waals surface area contributed by atoms with Gasteiger partial charge >= 0.3 is 0 Å². The van der Waals surface area contributed by atoms with Crippen molar-refractivity contribution in [3.05, 3.63) is 53.6 Å². The molecule has 0 saturated carbocycles. The highest BCUT2D eigenvalue weighted by atomic mass is 32.2. The second-order valence-corrected chi connectivity index (χ2v) is 6.53. The predicted octanol–water partition coefficient (Wildman–Crippen LogP) is 3.06. The maximum absolute atomic E-state index is 12.4. The molecule has 0 spiro atoms. The van der Waals surface area contributed by atoms with Crippen molar-refractivity contribution in [1.82, 2.24) is 5.32 Å². The minimum Gasteiger partial charge on any atom is -0.497 e. The number of amides is 2. The monoisotopic (exact) mass is 342 g/mol. The summed E-state index contributed by atoms with van der Waals surface area (Å²) in [5.74, 6) is 1.31. The number of methoxy groups -OCH3 is 1. The summed E-state index contributed by atoms with van der Waals surface area (Å²) in [7, 11) is 1.61. The lowest BCUT2D eigenvalue weighted by Crippen LogP contribution is -2.23. The minimum absolute atomic E-state index is 0.0183. The fourth-order valence-electron chi connectivity index (χ4n) is 2.43. The number of fused-ring (bicyclic) bond motifs is 1. The van der Waals surface area contributed by atoms with Crippen molar-refractivity contribution < 1.29 is 14.3 Å². The molecule has 0 saturated heterocycles. The van der Waals surface area contributed by atoms with Gasteiger partial charge in [-0.05, 0) is 35.9 Å². The van der Waals surface area contributed by atoms with Crippen LogP contribution in [0.1, 0.15) is 22.3 Å². The van der Waals surface area contributed by atoms with E-state index in [-0.39, 0.29) is 11.8 Å². The van der Waals surface area contributed by atoms with Gasteiger partial charge in [-0.1, -0.05) is 12.1 Å². The van der Waals surface area contributed by atoms with Gasteiger partial charge in [-0.3, -0.25) is 9.59 Å². The van der Waals surface area contributed by atoms with Crippen molar-refractivity contribution in [3.63, 3.8) is 0 Å². The Bertz CT molecular complexity index is 777. The number of carbonyl (C=O) groups is 2. The van der Waals surface area contributed by atoms with Crippen LogP contribution in [0.2, 0.25) is 0 Å². The Morgan fingerprint density at radius 3 is 3.00 bits per heavy atom.